The number of nitrogens with zero attached hydrogens (tertiary/aromatic N) is 3. The number of aliphatic imine (C=N–C) groups is 3. The van der Waals surface area contributed by atoms with Gasteiger partial charge >= 0.3 is 0 Å². The number of rotatable bonds is 5. The van der Waals surface area contributed by atoms with E-state index in [1.54, 1.807) is 0 Å². The van der Waals surface area contributed by atoms with Gasteiger partial charge < -0.3 is 8.83 Å². The molecular weight excluding hydrogens is 651 g/mol. The van der Waals surface area contributed by atoms with E-state index in [2.05, 4.69) is 109 Å². The SMILES string of the molecule is C=N/C(=N\C(=N/Cc1ccc2ccccc2c1)c1ccccc1)c1c(-c2cccc3oc4c5ccccc5ccc4c23)ccc2oc3ccccc3c12. The van der Waals surface area contributed by atoms with E-state index in [1.165, 1.54) is 10.8 Å². The summed E-state index contributed by atoms with van der Waals surface area (Å²) in [6.45, 7) is 4.54. The fourth-order valence-corrected chi connectivity index (χ4v) is 7.60. The zero-order valence-corrected chi connectivity index (χ0v) is 28.7. The minimum atomic E-state index is 0.447. The Morgan fingerprint density at radius 2 is 1.21 bits per heavy atom. The van der Waals surface area contributed by atoms with E-state index in [1.807, 2.05) is 66.7 Å². The van der Waals surface area contributed by atoms with E-state index >= 15 is 0 Å². The van der Waals surface area contributed by atoms with Gasteiger partial charge in [0.2, 0.25) is 0 Å². The van der Waals surface area contributed by atoms with Crippen LogP contribution in [0.5, 0.6) is 0 Å². The summed E-state index contributed by atoms with van der Waals surface area (Å²) in [6.07, 6.45) is 0. The summed E-state index contributed by atoms with van der Waals surface area (Å²) in [5.41, 5.74) is 7.95. The Kier molecular flexibility index (Phi) is 7.29. The van der Waals surface area contributed by atoms with Gasteiger partial charge in [-0.05, 0) is 76.0 Å². The highest BCUT2D eigenvalue weighted by Gasteiger charge is 2.23. The highest BCUT2D eigenvalue weighted by molar-refractivity contribution is 6.27. The van der Waals surface area contributed by atoms with Crippen LogP contribution in [0.4, 0.5) is 0 Å². The van der Waals surface area contributed by atoms with Gasteiger partial charge in [0.05, 0.1) is 6.54 Å². The average Bonchev–Trinajstić information content (AvgIpc) is 3.80. The number of hydrogen-bond acceptors (Lipinski definition) is 3. The van der Waals surface area contributed by atoms with Gasteiger partial charge in [0.1, 0.15) is 22.3 Å². The first-order valence-electron chi connectivity index (χ1n) is 17.6. The number of hydrogen-bond donors (Lipinski definition) is 0. The number of para-hydroxylation sites is 1. The molecule has 10 aromatic rings. The molecule has 0 bridgehead atoms. The molecule has 0 radical (unpaired) electrons. The second kappa shape index (κ2) is 12.6. The van der Waals surface area contributed by atoms with Crippen molar-refractivity contribution >= 4 is 83.8 Å². The lowest BCUT2D eigenvalue weighted by Gasteiger charge is -2.13. The topological polar surface area (TPSA) is 63.4 Å². The van der Waals surface area contributed by atoms with Crippen molar-refractivity contribution in [2.45, 2.75) is 6.54 Å². The lowest BCUT2D eigenvalue weighted by Crippen LogP contribution is -2.07. The van der Waals surface area contributed by atoms with Crippen LogP contribution in [-0.2, 0) is 6.54 Å². The number of benzene rings is 8. The van der Waals surface area contributed by atoms with Crippen LogP contribution in [-0.4, -0.2) is 18.4 Å². The van der Waals surface area contributed by atoms with E-state index in [0.29, 0.717) is 18.2 Å². The predicted octanol–water partition coefficient (Wildman–Crippen LogP) is 12.6. The summed E-state index contributed by atoms with van der Waals surface area (Å²) in [6, 6.07) is 56.0. The molecule has 250 valence electrons. The molecule has 0 fully saturated rings. The van der Waals surface area contributed by atoms with Gasteiger partial charge in [-0.15, -0.1) is 0 Å². The number of amidine groups is 2. The second-order valence-corrected chi connectivity index (χ2v) is 13.2. The molecule has 0 unspecified atom stereocenters. The highest BCUT2D eigenvalue weighted by Crippen LogP contribution is 2.43. The molecule has 5 heteroatoms. The summed E-state index contributed by atoms with van der Waals surface area (Å²) < 4.78 is 13.1. The highest BCUT2D eigenvalue weighted by atomic mass is 16.3. The maximum atomic E-state index is 6.62. The molecule has 0 aliphatic heterocycles. The van der Waals surface area contributed by atoms with E-state index in [9.17, 15) is 0 Å². The normalized spacial score (nSPS) is 12.5. The molecule has 0 aliphatic carbocycles. The fourth-order valence-electron chi connectivity index (χ4n) is 7.60. The second-order valence-electron chi connectivity index (χ2n) is 13.2. The van der Waals surface area contributed by atoms with E-state index in [0.717, 1.165) is 82.5 Å². The first-order chi connectivity index (χ1) is 26.2. The quantitative estimate of drug-likeness (QED) is 0.134. The first-order valence-corrected chi connectivity index (χ1v) is 17.6. The summed E-state index contributed by atoms with van der Waals surface area (Å²) >= 11 is 0. The van der Waals surface area contributed by atoms with Crippen LogP contribution >= 0.6 is 0 Å². The Bertz CT molecular complexity index is 3110. The smallest absolute Gasteiger partial charge is 0.162 e. The third-order valence-corrected chi connectivity index (χ3v) is 10.1. The molecule has 2 heterocycles. The van der Waals surface area contributed by atoms with Gasteiger partial charge in [0.25, 0.3) is 0 Å². The third-order valence-electron chi connectivity index (χ3n) is 10.1. The largest absolute Gasteiger partial charge is 0.456 e. The van der Waals surface area contributed by atoms with Crippen molar-refractivity contribution < 1.29 is 8.83 Å². The molecule has 0 aliphatic rings. The standard InChI is InChI=1S/C48H31N3O2/c1-49-48(51-47(33-14-3-2-4-15-33)50-29-30-22-23-31-12-5-6-16-34(31)28-30)45-37(26-27-42-44(45)38-18-9-10-20-40(38)52-42)36-19-11-21-41-43(36)39-25-24-32-13-7-8-17-35(32)46(39)53-41/h2-28H,1,29H2/b50-47-,51-48-. The summed E-state index contributed by atoms with van der Waals surface area (Å²) in [7, 11) is 0. The molecule has 0 saturated carbocycles. The van der Waals surface area contributed by atoms with Gasteiger partial charge in [0, 0.05) is 38.1 Å². The maximum Gasteiger partial charge on any atom is 0.162 e. The van der Waals surface area contributed by atoms with Gasteiger partial charge in [-0.2, -0.15) is 0 Å². The monoisotopic (exact) mass is 681 g/mol. The van der Waals surface area contributed by atoms with E-state index in [-0.39, 0.29) is 0 Å². The predicted molar refractivity (Wildman–Crippen MR) is 221 cm³/mol. The van der Waals surface area contributed by atoms with Crippen molar-refractivity contribution in [3.8, 4) is 11.1 Å². The first kappa shape index (κ1) is 30.7. The van der Waals surface area contributed by atoms with Crippen LogP contribution in [0.1, 0.15) is 16.7 Å². The van der Waals surface area contributed by atoms with Crippen LogP contribution < -0.4 is 0 Å². The van der Waals surface area contributed by atoms with Crippen molar-refractivity contribution in [3.63, 3.8) is 0 Å². The summed E-state index contributed by atoms with van der Waals surface area (Å²) in [5.74, 6) is 1.02. The molecular formula is C48H31N3O2. The van der Waals surface area contributed by atoms with Crippen LogP contribution in [0, 0.1) is 0 Å². The molecule has 0 spiro atoms. The number of fused-ring (bicyclic) bond motifs is 9. The van der Waals surface area contributed by atoms with Crippen molar-refractivity contribution in [2.24, 2.45) is 15.0 Å². The van der Waals surface area contributed by atoms with Crippen molar-refractivity contribution in [1.82, 2.24) is 0 Å². The van der Waals surface area contributed by atoms with E-state index < -0.39 is 0 Å². The van der Waals surface area contributed by atoms with Crippen LogP contribution in [0.25, 0.3) is 76.5 Å². The lowest BCUT2D eigenvalue weighted by atomic mass is 9.91. The van der Waals surface area contributed by atoms with Crippen molar-refractivity contribution in [2.75, 3.05) is 0 Å². The molecule has 10 rings (SSSR count). The van der Waals surface area contributed by atoms with E-state index in [4.69, 9.17) is 18.8 Å². The minimum Gasteiger partial charge on any atom is -0.456 e. The molecule has 0 N–H and O–H groups in total. The minimum absolute atomic E-state index is 0.447. The van der Waals surface area contributed by atoms with Crippen molar-refractivity contribution in [1.29, 1.82) is 0 Å². The summed E-state index contributed by atoms with van der Waals surface area (Å²) in [4.78, 5) is 15.1. The Hall–Kier alpha value is -7.11. The molecule has 0 amide bonds. The number of furan rings is 2. The summed E-state index contributed by atoms with van der Waals surface area (Å²) in [5, 5.41) is 8.55. The zero-order chi connectivity index (χ0) is 35.3. The molecule has 53 heavy (non-hydrogen) atoms. The fraction of sp³-hybridized carbons (Fsp3) is 0.0208. The Labute approximate surface area is 304 Å². The van der Waals surface area contributed by atoms with Gasteiger partial charge in [-0.3, -0.25) is 4.99 Å². The van der Waals surface area contributed by atoms with Crippen LogP contribution in [0.3, 0.4) is 0 Å². The molecule has 8 aromatic carbocycles. The average molecular weight is 682 g/mol. The van der Waals surface area contributed by atoms with Crippen LogP contribution in [0.15, 0.2) is 188 Å². The lowest BCUT2D eigenvalue weighted by molar-refractivity contribution is 0.669. The van der Waals surface area contributed by atoms with Crippen LogP contribution in [0.2, 0.25) is 0 Å². The van der Waals surface area contributed by atoms with Gasteiger partial charge in [-0.1, -0.05) is 127 Å². The molecule has 5 nitrogen and oxygen atoms in total. The Morgan fingerprint density at radius 3 is 2.08 bits per heavy atom. The van der Waals surface area contributed by atoms with Gasteiger partial charge in [0.15, 0.2) is 11.7 Å². The Morgan fingerprint density at radius 1 is 0.491 bits per heavy atom. The Balaban J connectivity index is 1.23. The van der Waals surface area contributed by atoms with Gasteiger partial charge in [-0.25, -0.2) is 9.98 Å². The zero-order valence-electron chi connectivity index (χ0n) is 28.7. The molecule has 0 atom stereocenters. The molecule has 2 aromatic heterocycles. The molecule has 0 saturated heterocycles. The maximum absolute atomic E-state index is 6.62. The third kappa shape index (κ3) is 5.21. The van der Waals surface area contributed by atoms with Crippen molar-refractivity contribution in [3.05, 3.63) is 180 Å².